The third-order valence-electron chi connectivity index (χ3n) is 5.14. The molecule has 0 amide bonds. The summed E-state index contributed by atoms with van der Waals surface area (Å²) >= 11 is 0. The zero-order valence-corrected chi connectivity index (χ0v) is 16.4. The second kappa shape index (κ2) is 9.09. The molecule has 2 fully saturated rings. The number of ether oxygens (including phenoxy) is 1. The molecule has 2 aliphatic rings. The van der Waals surface area contributed by atoms with Crippen molar-refractivity contribution in [2.24, 2.45) is 5.92 Å². The number of hydrogen-bond donors (Lipinski definition) is 1. The first-order chi connectivity index (χ1) is 11.4. The molecule has 0 aromatic heterocycles. The first kappa shape index (κ1) is 20.3. The van der Waals surface area contributed by atoms with E-state index < -0.39 is 0 Å². The molecule has 4 rings (SSSR count). The molecule has 1 aliphatic carbocycles. The van der Waals surface area contributed by atoms with Gasteiger partial charge in [0.05, 0.1) is 6.61 Å². The largest absolute Gasteiger partial charge is 0.494 e. The van der Waals surface area contributed by atoms with E-state index in [2.05, 4.69) is 53.5 Å². The number of halogens is 2. The molecule has 5 heteroatoms. The second-order valence-electron chi connectivity index (χ2n) is 6.70. The molecule has 1 aliphatic heterocycles. The van der Waals surface area contributed by atoms with Gasteiger partial charge < -0.3 is 10.1 Å². The zero-order valence-electron chi connectivity index (χ0n) is 14.7. The molecule has 0 bridgehead atoms. The molecular weight excluding hydrogens is 355 g/mol. The number of benzene rings is 2. The van der Waals surface area contributed by atoms with Gasteiger partial charge in [0.25, 0.3) is 0 Å². The minimum atomic E-state index is 0. The molecule has 0 unspecified atom stereocenters. The van der Waals surface area contributed by atoms with Crippen LogP contribution in [0.5, 0.6) is 5.75 Å². The van der Waals surface area contributed by atoms with E-state index in [4.69, 9.17) is 4.74 Å². The Kier molecular flexibility index (Phi) is 7.38. The fourth-order valence-corrected chi connectivity index (χ4v) is 3.95. The molecule has 0 radical (unpaired) electrons. The summed E-state index contributed by atoms with van der Waals surface area (Å²) in [5.41, 5.74) is 1.43. The summed E-state index contributed by atoms with van der Waals surface area (Å²) in [4.78, 5) is 2.68. The van der Waals surface area contributed by atoms with Crippen LogP contribution in [0.15, 0.2) is 36.4 Å². The Labute approximate surface area is 162 Å². The summed E-state index contributed by atoms with van der Waals surface area (Å²) in [5, 5.41) is 6.18. The monoisotopic (exact) mass is 382 g/mol. The molecule has 1 atom stereocenters. The number of rotatable bonds is 5. The maximum absolute atomic E-state index is 6.05. The molecule has 25 heavy (non-hydrogen) atoms. The number of fused-ring (bicyclic) bond motifs is 1. The third-order valence-corrected chi connectivity index (χ3v) is 5.14. The van der Waals surface area contributed by atoms with Gasteiger partial charge in [-0.15, -0.1) is 24.8 Å². The van der Waals surface area contributed by atoms with Gasteiger partial charge in [-0.25, -0.2) is 0 Å². The first-order valence-electron chi connectivity index (χ1n) is 8.97. The fourth-order valence-electron chi connectivity index (χ4n) is 3.95. The van der Waals surface area contributed by atoms with Crippen LogP contribution >= 0.6 is 24.8 Å². The molecule has 1 N–H and O–H groups in total. The molecule has 138 valence electrons. The standard InChI is InChI=1S/C20H26N2O.2ClH/c1-2-23-18-10-9-15-5-3-4-6-17(15)19(18)20(16-7-8-16)22-13-11-21-12-14-22;;/h3-6,9-10,16,20-21H,2,7-8,11-14H2,1H3;2*1H/t20-;;/m0../s1. The van der Waals surface area contributed by atoms with Crippen LogP contribution in [0.1, 0.15) is 31.4 Å². The average Bonchev–Trinajstić information content (AvgIpc) is 3.43. The van der Waals surface area contributed by atoms with Gasteiger partial charge in [-0.05, 0) is 42.5 Å². The Hall–Kier alpha value is -1.00. The molecule has 2 aromatic carbocycles. The molecule has 3 nitrogen and oxygen atoms in total. The lowest BCUT2D eigenvalue weighted by atomic mass is 9.93. The maximum Gasteiger partial charge on any atom is 0.124 e. The van der Waals surface area contributed by atoms with E-state index in [9.17, 15) is 0 Å². The van der Waals surface area contributed by atoms with Gasteiger partial charge in [0.2, 0.25) is 0 Å². The van der Waals surface area contributed by atoms with Crippen molar-refractivity contribution < 1.29 is 4.74 Å². The van der Waals surface area contributed by atoms with Gasteiger partial charge in [0.1, 0.15) is 5.75 Å². The average molecular weight is 383 g/mol. The van der Waals surface area contributed by atoms with Gasteiger partial charge in [0.15, 0.2) is 0 Å². The lowest BCUT2D eigenvalue weighted by Gasteiger charge is -2.36. The fraction of sp³-hybridized carbons (Fsp3) is 0.500. The minimum absolute atomic E-state index is 0. The normalized spacial score (nSPS) is 18.9. The molecule has 1 saturated carbocycles. The summed E-state index contributed by atoms with van der Waals surface area (Å²) in [6.07, 6.45) is 2.70. The summed E-state index contributed by atoms with van der Waals surface area (Å²) < 4.78 is 6.05. The SMILES string of the molecule is CCOc1ccc2ccccc2c1[C@H](C1CC1)N1CCNCC1.Cl.Cl. The van der Waals surface area contributed by atoms with Gasteiger partial charge in [-0.2, -0.15) is 0 Å². The molecule has 0 spiro atoms. The lowest BCUT2D eigenvalue weighted by Crippen LogP contribution is -2.45. The van der Waals surface area contributed by atoms with Gasteiger partial charge in [0, 0.05) is 37.8 Å². The van der Waals surface area contributed by atoms with Crippen molar-refractivity contribution in [3.05, 3.63) is 42.0 Å². The predicted molar refractivity (Wildman–Crippen MR) is 110 cm³/mol. The van der Waals surface area contributed by atoms with Crippen molar-refractivity contribution >= 4 is 35.6 Å². The Morgan fingerprint density at radius 3 is 2.48 bits per heavy atom. The number of piperazine rings is 1. The van der Waals surface area contributed by atoms with Crippen molar-refractivity contribution in [3.63, 3.8) is 0 Å². The number of hydrogen-bond acceptors (Lipinski definition) is 3. The van der Waals surface area contributed by atoms with Crippen LogP contribution < -0.4 is 10.1 Å². The van der Waals surface area contributed by atoms with E-state index in [0.29, 0.717) is 6.04 Å². The minimum Gasteiger partial charge on any atom is -0.494 e. The van der Waals surface area contributed by atoms with Crippen molar-refractivity contribution in [1.29, 1.82) is 0 Å². The summed E-state index contributed by atoms with van der Waals surface area (Å²) in [5.74, 6) is 1.87. The van der Waals surface area contributed by atoms with Crippen molar-refractivity contribution in [2.75, 3.05) is 32.8 Å². The van der Waals surface area contributed by atoms with Crippen LogP contribution in [0.3, 0.4) is 0 Å². The third kappa shape index (κ3) is 4.22. The van der Waals surface area contributed by atoms with E-state index in [0.717, 1.165) is 44.5 Å². The Balaban J connectivity index is 0.00000113. The molecule has 1 heterocycles. The van der Waals surface area contributed by atoms with Crippen LogP contribution in [0, 0.1) is 5.92 Å². The zero-order chi connectivity index (χ0) is 15.6. The molecule has 1 saturated heterocycles. The quantitative estimate of drug-likeness (QED) is 0.826. The van der Waals surface area contributed by atoms with Gasteiger partial charge in [-0.1, -0.05) is 30.3 Å². The number of nitrogens with one attached hydrogen (secondary N) is 1. The van der Waals surface area contributed by atoms with Crippen molar-refractivity contribution in [1.82, 2.24) is 10.2 Å². The molecular formula is C20H28Cl2N2O. The van der Waals surface area contributed by atoms with E-state index in [-0.39, 0.29) is 24.8 Å². The van der Waals surface area contributed by atoms with Gasteiger partial charge >= 0.3 is 0 Å². The van der Waals surface area contributed by atoms with Gasteiger partial charge in [-0.3, -0.25) is 4.90 Å². The highest BCUT2D eigenvalue weighted by molar-refractivity contribution is 5.88. The maximum atomic E-state index is 6.05. The Morgan fingerprint density at radius 1 is 1.08 bits per heavy atom. The van der Waals surface area contributed by atoms with Crippen LogP contribution in [-0.4, -0.2) is 37.7 Å². The second-order valence-corrected chi connectivity index (χ2v) is 6.70. The number of nitrogens with zero attached hydrogens (tertiary/aromatic N) is 1. The highest BCUT2D eigenvalue weighted by atomic mass is 35.5. The Morgan fingerprint density at radius 2 is 1.80 bits per heavy atom. The summed E-state index contributed by atoms with van der Waals surface area (Å²) in [7, 11) is 0. The van der Waals surface area contributed by atoms with Crippen molar-refractivity contribution in [2.45, 2.75) is 25.8 Å². The lowest BCUT2D eigenvalue weighted by molar-refractivity contribution is 0.153. The highest BCUT2D eigenvalue weighted by Crippen LogP contribution is 2.49. The molecule has 2 aromatic rings. The summed E-state index contributed by atoms with van der Waals surface area (Å²) in [6, 6.07) is 13.7. The smallest absolute Gasteiger partial charge is 0.124 e. The van der Waals surface area contributed by atoms with E-state index in [1.165, 1.54) is 29.2 Å². The van der Waals surface area contributed by atoms with Crippen LogP contribution in [0.25, 0.3) is 10.8 Å². The van der Waals surface area contributed by atoms with E-state index in [1.54, 1.807) is 0 Å². The van der Waals surface area contributed by atoms with Crippen LogP contribution in [0.2, 0.25) is 0 Å². The van der Waals surface area contributed by atoms with E-state index >= 15 is 0 Å². The predicted octanol–water partition coefficient (Wildman–Crippen LogP) is 4.44. The topological polar surface area (TPSA) is 24.5 Å². The van der Waals surface area contributed by atoms with Crippen molar-refractivity contribution in [3.8, 4) is 5.75 Å². The first-order valence-corrected chi connectivity index (χ1v) is 8.97. The Bertz CT molecular complexity index is 684. The van der Waals surface area contributed by atoms with E-state index in [1.807, 2.05) is 0 Å². The highest BCUT2D eigenvalue weighted by Gasteiger charge is 2.39. The summed E-state index contributed by atoms with van der Waals surface area (Å²) in [6.45, 7) is 7.27. The van der Waals surface area contributed by atoms with Crippen LogP contribution in [-0.2, 0) is 0 Å². The van der Waals surface area contributed by atoms with Crippen LogP contribution in [0.4, 0.5) is 0 Å².